The molecule has 22 heavy (non-hydrogen) atoms. The van der Waals surface area contributed by atoms with E-state index < -0.39 is 0 Å². The van der Waals surface area contributed by atoms with Gasteiger partial charge in [-0.15, -0.1) is 6.58 Å². The number of methoxy groups -OCH3 is 2. The maximum atomic E-state index is 12.3. The molecule has 116 valence electrons. The van der Waals surface area contributed by atoms with Gasteiger partial charge in [0.2, 0.25) is 0 Å². The van der Waals surface area contributed by atoms with Crippen molar-refractivity contribution >= 4 is 51.9 Å². The third kappa shape index (κ3) is 3.29. The lowest BCUT2D eigenvalue weighted by molar-refractivity contribution is -0.121. The summed E-state index contributed by atoms with van der Waals surface area (Å²) < 4.78 is 11.0. The molecule has 1 aromatic rings. The lowest BCUT2D eigenvalue weighted by Crippen LogP contribution is -2.27. The number of halogens is 1. The largest absolute Gasteiger partial charge is 0.493 e. The van der Waals surface area contributed by atoms with Crippen molar-refractivity contribution in [2.75, 3.05) is 20.8 Å². The van der Waals surface area contributed by atoms with Crippen LogP contribution >= 0.6 is 35.6 Å². The predicted octanol–water partition coefficient (Wildman–Crippen LogP) is 3.74. The zero-order valence-corrected chi connectivity index (χ0v) is 14.5. The number of carbonyl (C=O) groups is 1. The zero-order valence-electron chi connectivity index (χ0n) is 12.1. The standard InChI is InChI=1S/C15H14ClNO3S2/c1-4-5-17-14(18)12(22-15(17)21)8-9-6-10(16)13(20-3)11(7-9)19-2/h4,6-8H,1,5H2,2-3H3/b12-8+. The van der Waals surface area contributed by atoms with Crippen LogP contribution in [0.15, 0.2) is 29.7 Å². The SMILES string of the molecule is C=CCN1C(=O)/C(=C\c2cc(Cl)c(OC)c(OC)c2)SC1=S. The van der Waals surface area contributed by atoms with Crippen molar-refractivity contribution in [2.24, 2.45) is 0 Å². The summed E-state index contributed by atoms with van der Waals surface area (Å²) >= 11 is 12.6. The van der Waals surface area contributed by atoms with E-state index in [1.165, 1.54) is 30.9 Å². The number of nitrogens with zero attached hydrogens (tertiary/aromatic N) is 1. The van der Waals surface area contributed by atoms with E-state index in [0.717, 1.165) is 5.56 Å². The van der Waals surface area contributed by atoms with Crippen LogP contribution in [0.25, 0.3) is 6.08 Å². The monoisotopic (exact) mass is 355 g/mol. The Morgan fingerprint density at radius 1 is 1.41 bits per heavy atom. The Morgan fingerprint density at radius 2 is 2.14 bits per heavy atom. The highest BCUT2D eigenvalue weighted by Gasteiger charge is 2.31. The second-order valence-electron chi connectivity index (χ2n) is 4.32. The van der Waals surface area contributed by atoms with Gasteiger partial charge >= 0.3 is 0 Å². The molecule has 0 saturated carbocycles. The Morgan fingerprint density at radius 3 is 2.73 bits per heavy atom. The molecule has 0 spiro atoms. The maximum absolute atomic E-state index is 12.3. The molecule has 1 saturated heterocycles. The van der Waals surface area contributed by atoms with Crippen LogP contribution in [-0.2, 0) is 4.79 Å². The number of thioether (sulfide) groups is 1. The van der Waals surface area contributed by atoms with Gasteiger partial charge in [-0.05, 0) is 23.8 Å². The molecule has 1 aliphatic rings. The van der Waals surface area contributed by atoms with E-state index in [4.69, 9.17) is 33.3 Å². The molecule has 0 aromatic heterocycles. The molecule has 1 aromatic carbocycles. The number of rotatable bonds is 5. The fraction of sp³-hybridized carbons (Fsp3) is 0.200. The van der Waals surface area contributed by atoms with Crippen molar-refractivity contribution in [2.45, 2.75) is 0 Å². The minimum atomic E-state index is -0.138. The lowest BCUT2D eigenvalue weighted by atomic mass is 10.2. The van der Waals surface area contributed by atoms with Crippen LogP contribution < -0.4 is 9.47 Å². The van der Waals surface area contributed by atoms with Crippen LogP contribution in [0.1, 0.15) is 5.56 Å². The van der Waals surface area contributed by atoms with E-state index in [9.17, 15) is 4.79 Å². The van der Waals surface area contributed by atoms with Crippen molar-refractivity contribution in [1.82, 2.24) is 4.90 Å². The van der Waals surface area contributed by atoms with Gasteiger partial charge in [0.15, 0.2) is 11.5 Å². The van der Waals surface area contributed by atoms with Crippen LogP contribution in [0, 0.1) is 0 Å². The Hall–Kier alpha value is -1.50. The molecule has 7 heteroatoms. The first-order valence-corrected chi connectivity index (χ1v) is 7.89. The summed E-state index contributed by atoms with van der Waals surface area (Å²) in [5, 5.41) is 0.412. The van der Waals surface area contributed by atoms with Gasteiger partial charge in [0.05, 0.1) is 24.1 Å². The first-order chi connectivity index (χ1) is 10.5. The summed E-state index contributed by atoms with van der Waals surface area (Å²) in [5.74, 6) is 0.823. The summed E-state index contributed by atoms with van der Waals surface area (Å²) in [6, 6.07) is 3.47. The topological polar surface area (TPSA) is 38.8 Å². The number of ether oxygens (including phenoxy) is 2. The first-order valence-electron chi connectivity index (χ1n) is 6.29. The molecule has 0 unspecified atom stereocenters. The minimum absolute atomic E-state index is 0.138. The highest BCUT2D eigenvalue weighted by atomic mass is 35.5. The fourth-order valence-electron chi connectivity index (χ4n) is 1.96. The lowest BCUT2D eigenvalue weighted by Gasteiger charge is -2.11. The van der Waals surface area contributed by atoms with Crippen molar-refractivity contribution in [3.05, 3.63) is 40.3 Å². The fourth-order valence-corrected chi connectivity index (χ4v) is 3.53. The van der Waals surface area contributed by atoms with Crippen LogP contribution in [0.4, 0.5) is 0 Å². The molecule has 0 N–H and O–H groups in total. The van der Waals surface area contributed by atoms with Gasteiger partial charge in [0, 0.05) is 6.54 Å². The molecular formula is C15H14ClNO3S2. The highest BCUT2D eigenvalue weighted by Crippen LogP contribution is 2.38. The molecule has 1 amide bonds. The van der Waals surface area contributed by atoms with E-state index in [1.54, 1.807) is 24.3 Å². The molecular weight excluding hydrogens is 342 g/mol. The molecule has 1 heterocycles. The Labute approximate surface area is 143 Å². The number of thiocarbonyl (C=S) groups is 1. The Kier molecular flexibility index (Phi) is 5.50. The van der Waals surface area contributed by atoms with Crippen LogP contribution in [-0.4, -0.2) is 35.9 Å². The smallest absolute Gasteiger partial charge is 0.266 e. The van der Waals surface area contributed by atoms with Crippen LogP contribution in [0.3, 0.4) is 0 Å². The average molecular weight is 356 g/mol. The second kappa shape index (κ2) is 7.17. The van der Waals surface area contributed by atoms with Crippen molar-refractivity contribution < 1.29 is 14.3 Å². The summed E-state index contributed by atoms with van der Waals surface area (Å²) in [7, 11) is 3.05. The first kappa shape index (κ1) is 16.9. The third-order valence-corrected chi connectivity index (χ3v) is 4.60. The van der Waals surface area contributed by atoms with E-state index in [2.05, 4.69) is 6.58 Å². The van der Waals surface area contributed by atoms with Gasteiger partial charge in [-0.25, -0.2) is 0 Å². The predicted molar refractivity (Wildman–Crippen MR) is 94.6 cm³/mol. The maximum Gasteiger partial charge on any atom is 0.266 e. The molecule has 1 aliphatic heterocycles. The van der Waals surface area contributed by atoms with Gasteiger partial charge < -0.3 is 9.47 Å². The minimum Gasteiger partial charge on any atom is -0.493 e. The number of carbonyl (C=O) groups excluding carboxylic acids is 1. The summed E-state index contributed by atoms with van der Waals surface area (Å²) in [4.78, 5) is 14.3. The van der Waals surface area contributed by atoms with E-state index in [0.29, 0.717) is 32.3 Å². The second-order valence-corrected chi connectivity index (χ2v) is 6.40. The van der Waals surface area contributed by atoms with Gasteiger partial charge in [0.25, 0.3) is 5.91 Å². The van der Waals surface area contributed by atoms with Gasteiger partial charge in [-0.2, -0.15) is 0 Å². The quantitative estimate of drug-likeness (QED) is 0.457. The summed E-state index contributed by atoms with van der Waals surface area (Å²) in [6.45, 7) is 4.02. The van der Waals surface area contributed by atoms with Gasteiger partial charge in [-0.3, -0.25) is 9.69 Å². The molecule has 0 bridgehead atoms. The zero-order chi connectivity index (χ0) is 16.3. The Bertz CT molecular complexity index is 673. The van der Waals surface area contributed by atoms with Crippen molar-refractivity contribution in [3.63, 3.8) is 0 Å². The molecule has 0 atom stereocenters. The van der Waals surface area contributed by atoms with E-state index in [1.807, 2.05) is 0 Å². The average Bonchev–Trinajstić information content (AvgIpc) is 2.74. The number of hydrogen-bond donors (Lipinski definition) is 0. The molecule has 0 radical (unpaired) electrons. The third-order valence-electron chi connectivity index (χ3n) is 2.94. The Balaban J connectivity index is 2.38. The summed E-state index contributed by atoms with van der Waals surface area (Å²) in [5.41, 5.74) is 0.738. The normalized spacial score (nSPS) is 16.3. The highest BCUT2D eigenvalue weighted by molar-refractivity contribution is 8.26. The summed E-state index contributed by atoms with van der Waals surface area (Å²) in [6.07, 6.45) is 3.37. The van der Waals surface area contributed by atoms with E-state index >= 15 is 0 Å². The van der Waals surface area contributed by atoms with Gasteiger partial charge in [-0.1, -0.05) is 41.7 Å². The number of benzene rings is 1. The van der Waals surface area contributed by atoms with E-state index in [-0.39, 0.29) is 5.91 Å². The van der Waals surface area contributed by atoms with Crippen LogP contribution in [0.5, 0.6) is 11.5 Å². The molecule has 1 fully saturated rings. The molecule has 0 aliphatic carbocycles. The van der Waals surface area contributed by atoms with Gasteiger partial charge in [0.1, 0.15) is 4.32 Å². The molecule has 2 rings (SSSR count). The molecule has 4 nitrogen and oxygen atoms in total. The number of amides is 1. The van der Waals surface area contributed by atoms with Crippen LogP contribution in [0.2, 0.25) is 5.02 Å². The van der Waals surface area contributed by atoms with Crippen molar-refractivity contribution in [3.8, 4) is 11.5 Å². The number of hydrogen-bond acceptors (Lipinski definition) is 5. The van der Waals surface area contributed by atoms with Crippen molar-refractivity contribution in [1.29, 1.82) is 0 Å².